The second kappa shape index (κ2) is 5.46. The van der Waals surface area contributed by atoms with Gasteiger partial charge in [0.05, 0.1) is 12.1 Å². The number of primary amides is 1. The molecule has 22 heavy (non-hydrogen) atoms. The van der Waals surface area contributed by atoms with Gasteiger partial charge in [0, 0.05) is 27.2 Å². The molecule has 0 aliphatic heterocycles. The molecule has 0 bridgehead atoms. The van der Waals surface area contributed by atoms with Crippen molar-refractivity contribution in [1.29, 1.82) is 0 Å². The van der Waals surface area contributed by atoms with Crippen LogP contribution in [0.4, 0.5) is 4.39 Å². The highest BCUT2D eigenvalue weighted by Gasteiger charge is 2.19. The number of nitrogens with two attached hydrogens (primary N) is 1. The van der Waals surface area contributed by atoms with Crippen molar-refractivity contribution in [3.05, 3.63) is 70.1 Å². The standard InChI is InChI=1S/C17H14ClFN2O/c1-10-16(17(20)22)11-5-2-3-8-15(11)21(10)9-12-13(18)6-4-7-14(12)19/h2-8H,9H2,1H3,(H2,20,22). The number of amides is 1. The summed E-state index contributed by atoms with van der Waals surface area (Å²) in [7, 11) is 0. The molecule has 0 aliphatic carbocycles. The van der Waals surface area contributed by atoms with Crippen LogP contribution in [0.25, 0.3) is 10.9 Å². The molecule has 0 saturated carbocycles. The van der Waals surface area contributed by atoms with E-state index in [4.69, 9.17) is 17.3 Å². The molecule has 3 nitrogen and oxygen atoms in total. The molecule has 1 heterocycles. The van der Waals surface area contributed by atoms with Gasteiger partial charge in [-0.2, -0.15) is 0 Å². The predicted octanol–water partition coefficient (Wildman–Crippen LogP) is 3.89. The Hall–Kier alpha value is -2.33. The summed E-state index contributed by atoms with van der Waals surface area (Å²) in [5, 5.41) is 1.12. The molecule has 1 aromatic heterocycles. The SMILES string of the molecule is Cc1c(C(N)=O)c2ccccc2n1Cc1c(F)cccc1Cl. The minimum atomic E-state index is -0.493. The van der Waals surface area contributed by atoms with Gasteiger partial charge in [-0.05, 0) is 25.1 Å². The fourth-order valence-electron chi connectivity index (χ4n) is 2.79. The number of fused-ring (bicyclic) bond motifs is 1. The summed E-state index contributed by atoms with van der Waals surface area (Å²) in [6, 6.07) is 12.0. The molecule has 2 N–H and O–H groups in total. The van der Waals surface area contributed by atoms with Gasteiger partial charge in [-0.1, -0.05) is 35.9 Å². The molecule has 5 heteroatoms. The highest BCUT2D eigenvalue weighted by molar-refractivity contribution is 6.31. The second-order valence-corrected chi connectivity index (χ2v) is 5.54. The lowest BCUT2D eigenvalue weighted by molar-refractivity contribution is 0.100. The summed E-state index contributed by atoms with van der Waals surface area (Å²) in [5.41, 5.74) is 7.88. The second-order valence-electron chi connectivity index (χ2n) is 5.13. The van der Waals surface area contributed by atoms with E-state index in [9.17, 15) is 9.18 Å². The number of para-hydroxylation sites is 1. The quantitative estimate of drug-likeness (QED) is 0.783. The lowest BCUT2D eigenvalue weighted by Crippen LogP contribution is -2.13. The Bertz CT molecular complexity index is 865. The van der Waals surface area contributed by atoms with E-state index in [0.717, 1.165) is 10.9 Å². The van der Waals surface area contributed by atoms with E-state index in [0.29, 0.717) is 21.8 Å². The predicted molar refractivity (Wildman–Crippen MR) is 85.7 cm³/mol. The monoisotopic (exact) mass is 316 g/mol. The van der Waals surface area contributed by atoms with Crippen LogP contribution in [0, 0.1) is 12.7 Å². The maximum atomic E-state index is 14.0. The lowest BCUT2D eigenvalue weighted by Gasteiger charge is -2.11. The summed E-state index contributed by atoms with van der Waals surface area (Å²) >= 11 is 6.11. The van der Waals surface area contributed by atoms with Crippen molar-refractivity contribution in [2.75, 3.05) is 0 Å². The molecule has 0 radical (unpaired) electrons. The van der Waals surface area contributed by atoms with Crippen molar-refractivity contribution in [3.8, 4) is 0 Å². The van der Waals surface area contributed by atoms with Crippen LogP contribution in [0.5, 0.6) is 0 Å². The topological polar surface area (TPSA) is 48.0 Å². The zero-order valence-electron chi connectivity index (χ0n) is 11.9. The van der Waals surface area contributed by atoms with Crippen molar-refractivity contribution >= 4 is 28.4 Å². The van der Waals surface area contributed by atoms with Gasteiger partial charge in [-0.25, -0.2) is 4.39 Å². The van der Waals surface area contributed by atoms with Crippen molar-refractivity contribution in [2.45, 2.75) is 13.5 Å². The summed E-state index contributed by atoms with van der Waals surface area (Å²) in [6.07, 6.45) is 0. The summed E-state index contributed by atoms with van der Waals surface area (Å²) in [4.78, 5) is 11.7. The highest BCUT2D eigenvalue weighted by Crippen LogP contribution is 2.28. The number of rotatable bonds is 3. The molecule has 3 rings (SSSR count). The van der Waals surface area contributed by atoms with Crippen LogP contribution in [0.15, 0.2) is 42.5 Å². The van der Waals surface area contributed by atoms with Crippen molar-refractivity contribution < 1.29 is 9.18 Å². The summed E-state index contributed by atoms with van der Waals surface area (Å²) in [6.45, 7) is 2.04. The van der Waals surface area contributed by atoms with Crippen LogP contribution in [0.2, 0.25) is 5.02 Å². The van der Waals surface area contributed by atoms with Gasteiger partial charge in [-0.3, -0.25) is 4.79 Å². The van der Waals surface area contributed by atoms with E-state index in [2.05, 4.69) is 0 Å². The average molecular weight is 317 g/mol. The highest BCUT2D eigenvalue weighted by atomic mass is 35.5. The zero-order chi connectivity index (χ0) is 15.9. The molecule has 112 valence electrons. The maximum Gasteiger partial charge on any atom is 0.251 e. The van der Waals surface area contributed by atoms with E-state index in [1.807, 2.05) is 28.8 Å². The molecular formula is C17H14ClFN2O. The van der Waals surface area contributed by atoms with Gasteiger partial charge in [0.2, 0.25) is 0 Å². The van der Waals surface area contributed by atoms with Crippen molar-refractivity contribution in [3.63, 3.8) is 0 Å². The minimum absolute atomic E-state index is 0.241. The molecule has 0 aliphatic rings. The Morgan fingerprint density at radius 1 is 1.23 bits per heavy atom. The number of hydrogen-bond acceptors (Lipinski definition) is 1. The first-order valence-electron chi connectivity index (χ1n) is 6.81. The smallest absolute Gasteiger partial charge is 0.251 e. The Morgan fingerprint density at radius 2 is 1.95 bits per heavy atom. The van der Waals surface area contributed by atoms with Crippen LogP contribution < -0.4 is 5.73 Å². The first kappa shape index (κ1) is 14.6. The molecule has 0 atom stereocenters. The summed E-state index contributed by atoms with van der Waals surface area (Å²) < 4.78 is 15.9. The van der Waals surface area contributed by atoms with Crippen molar-refractivity contribution in [1.82, 2.24) is 4.57 Å². The molecule has 0 spiro atoms. The largest absolute Gasteiger partial charge is 0.366 e. The van der Waals surface area contributed by atoms with E-state index >= 15 is 0 Å². The summed E-state index contributed by atoms with van der Waals surface area (Å²) in [5.74, 6) is -0.864. The number of aromatic nitrogens is 1. The molecule has 3 aromatic rings. The normalized spacial score (nSPS) is 11.0. The number of carbonyl (C=O) groups excluding carboxylic acids is 1. The third-order valence-corrected chi connectivity index (χ3v) is 4.21. The van der Waals surface area contributed by atoms with Crippen LogP contribution in [-0.4, -0.2) is 10.5 Å². The Labute approximate surface area is 132 Å². The van der Waals surface area contributed by atoms with Crippen LogP contribution in [0.3, 0.4) is 0 Å². The average Bonchev–Trinajstić information content (AvgIpc) is 2.75. The van der Waals surface area contributed by atoms with Gasteiger partial charge in [0.25, 0.3) is 5.91 Å². The molecule has 2 aromatic carbocycles. The Morgan fingerprint density at radius 3 is 2.64 bits per heavy atom. The maximum absolute atomic E-state index is 14.0. The zero-order valence-corrected chi connectivity index (χ0v) is 12.7. The van der Waals surface area contributed by atoms with Gasteiger partial charge in [0.15, 0.2) is 0 Å². The van der Waals surface area contributed by atoms with Gasteiger partial charge in [0.1, 0.15) is 5.82 Å². The molecule has 0 unspecified atom stereocenters. The fourth-order valence-corrected chi connectivity index (χ4v) is 3.01. The first-order valence-corrected chi connectivity index (χ1v) is 7.19. The minimum Gasteiger partial charge on any atom is -0.366 e. The number of halogens is 2. The van der Waals surface area contributed by atoms with Crippen LogP contribution >= 0.6 is 11.6 Å². The number of carbonyl (C=O) groups is 1. The van der Waals surface area contributed by atoms with E-state index in [1.165, 1.54) is 6.07 Å². The van der Waals surface area contributed by atoms with E-state index in [1.54, 1.807) is 19.1 Å². The third kappa shape index (κ3) is 2.25. The molecule has 1 amide bonds. The third-order valence-electron chi connectivity index (χ3n) is 3.86. The van der Waals surface area contributed by atoms with Crippen molar-refractivity contribution in [2.24, 2.45) is 5.73 Å². The Kier molecular flexibility index (Phi) is 3.62. The first-order chi connectivity index (χ1) is 10.5. The van der Waals surface area contributed by atoms with Gasteiger partial charge >= 0.3 is 0 Å². The van der Waals surface area contributed by atoms with Gasteiger partial charge in [-0.15, -0.1) is 0 Å². The number of nitrogens with zero attached hydrogens (tertiary/aromatic N) is 1. The number of benzene rings is 2. The fraction of sp³-hybridized carbons (Fsp3) is 0.118. The van der Waals surface area contributed by atoms with Gasteiger partial charge < -0.3 is 10.3 Å². The molecular weight excluding hydrogens is 303 g/mol. The number of hydrogen-bond donors (Lipinski definition) is 1. The molecule has 0 saturated heterocycles. The lowest BCUT2D eigenvalue weighted by atomic mass is 10.1. The van der Waals surface area contributed by atoms with Crippen LogP contribution in [-0.2, 0) is 6.54 Å². The van der Waals surface area contributed by atoms with E-state index in [-0.39, 0.29) is 12.4 Å². The van der Waals surface area contributed by atoms with Crippen LogP contribution in [0.1, 0.15) is 21.6 Å². The van der Waals surface area contributed by atoms with E-state index < -0.39 is 5.91 Å². The Balaban J connectivity index is 2.24. The molecule has 0 fully saturated rings.